The molecule has 1 unspecified atom stereocenters. The van der Waals surface area contributed by atoms with Gasteiger partial charge in [0.1, 0.15) is 5.58 Å². The highest BCUT2D eigenvalue weighted by Crippen LogP contribution is 2.42. The molecule has 0 aliphatic heterocycles. The number of nitrogens with zero attached hydrogens (tertiary/aromatic N) is 2. The summed E-state index contributed by atoms with van der Waals surface area (Å²) in [5, 5.41) is 1.21. The summed E-state index contributed by atoms with van der Waals surface area (Å²) in [7, 11) is 0. The third kappa shape index (κ3) is 3.30. The van der Waals surface area contributed by atoms with Crippen LogP contribution in [0.1, 0.15) is 99.4 Å². The van der Waals surface area contributed by atoms with Crippen LogP contribution in [0, 0.1) is 13.8 Å². The lowest BCUT2D eigenvalue weighted by atomic mass is 9.90. The normalized spacial score (nSPS) is 20.1. The molecule has 3 heteroatoms. The fourth-order valence-electron chi connectivity index (χ4n) is 3.91. The predicted octanol–water partition coefficient (Wildman–Crippen LogP) is 8.03. The molecule has 0 fully saturated rings. The smallest absolute Gasteiger partial charge is 0.227 e. The SMILES string of the molecule is [2H]C([2H])([2H])c1cc(-c2ccc(C([2H])(C)C)c3c2oc2nc(C)cc(C([2H])(C)C)c23)ncc1C([2H])(C)C([2H])([2H])[2H]. The highest BCUT2D eigenvalue weighted by molar-refractivity contribution is 6.12. The molecule has 1 atom stereocenters. The Labute approximate surface area is 192 Å². The van der Waals surface area contributed by atoms with Gasteiger partial charge in [0.15, 0.2) is 0 Å². The van der Waals surface area contributed by atoms with Gasteiger partial charge in [0.2, 0.25) is 5.71 Å². The average molecular weight is 410 g/mol. The van der Waals surface area contributed by atoms with Gasteiger partial charge in [-0.05, 0) is 71.9 Å². The molecule has 30 heavy (non-hydrogen) atoms. The number of fused-ring (bicyclic) bond motifs is 3. The Kier molecular flexibility index (Phi) is 3.07. The van der Waals surface area contributed by atoms with Crippen molar-refractivity contribution in [2.45, 2.75) is 72.9 Å². The van der Waals surface area contributed by atoms with Crippen LogP contribution < -0.4 is 0 Å². The van der Waals surface area contributed by atoms with Gasteiger partial charge in [-0.3, -0.25) is 4.98 Å². The number of hydrogen-bond acceptors (Lipinski definition) is 3. The number of rotatable bonds is 4. The molecule has 3 heterocycles. The van der Waals surface area contributed by atoms with Crippen molar-refractivity contribution in [3.63, 3.8) is 0 Å². The number of pyridine rings is 2. The van der Waals surface area contributed by atoms with Crippen LogP contribution in [0.5, 0.6) is 0 Å². The molecule has 1 aromatic carbocycles. The lowest BCUT2D eigenvalue weighted by Gasteiger charge is -2.14. The maximum absolute atomic E-state index is 8.81. The Bertz CT molecular complexity index is 1580. The van der Waals surface area contributed by atoms with Crippen molar-refractivity contribution < 1.29 is 16.8 Å². The van der Waals surface area contributed by atoms with Gasteiger partial charge in [-0.25, -0.2) is 4.98 Å². The van der Waals surface area contributed by atoms with Crippen molar-refractivity contribution in [3.05, 3.63) is 58.4 Å². The molecule has 0 bridgehead atoms. The lowest BCUT2D eigenvalue weighted by molar-refractivity contribution is 0.652. The zero-order valence-corrected chi connectivity index (χ0v) is 18.2. The molecular formula is C27H32N2O. The summed E-state index contributed by atoms with van der Waals surface area (Å²) in [4.78, 5) is 8.99. The minimum atomic E-state index is -2.79. The summed E-state index contributed by atoms with van der Waals surface area (Å²) in [5.41, 5.74) is 2.79. The van der Waals surface area contributed by atoms with Crippen LogP contribution in [0.2, 0.25) is 0 Å². The van der Waals surface area contributed by atoms with Gasteiger partial charge >= 0.3 is 0 Å². The highest BCUT2D eigenvalue weighted by Gasteiger charge is 2.22. The van der Waals surface area contributed by atoms with Crippen molar-refractivity contribution >= 4 is 22.1 Å². The first-order valence-electron chi connectivity index (χ1n) is 14.4. The Balaban J connectivity index is 2.14. The standard InChI is InChI=1S/C27H32N2O/c1-14(2)19-9-10-20(23-11-17(7)22(13-28-23)16(5)6)26-24(19)25-21(15(3)4)12-18(8)29-27(25)30-26/h9-16H,1-8H3/i5D3,7D3,14D,15D,16D. The van der Waals surface area contributed by atoms with E-state index in [2.05, 4.69) is 9.97 Å². The highest BCUT2D eigenvalue weighted by atomic mass is 16.3. The van der Waals surface area contributed by atoms with Crippen LogP contribution in [0.15, 0.2) is 34.9 Å². The van der Waals surface area contributed by atoms with Gasteiger partial charge in [-0.2, -0.15) is 0 Å². The summed E-state index contributed by atoms with van der Waals surface area (Å²) in [6.45, 7) is 4.50. The number of aromatic nitrogens is 2. The second kappa shape index (κ2) is 7.54. The van der Waals surface area contributed by atoms with Gasteiger partial charge in [-0.1, -0.05) is 47.5 Å². The molecule has 4 aromatic rings. The van der Waals surface area contributed by atoms with E-state index in [9.17, 15) is 0 Å². The quantitative estimate of drug-likeness (QED) is 0.342. The number of hydrogen-bond donors (Lipinski definition) is 0. The summed E-state index contributed by atoms with van der Waals surface area (Å²) in [5.74, 6) is -4.26. The molecule has 0 aliphatic rings. The largest absolute Gasteiger partial charge is 0.437 e. The minimum Gasteiger partial charge on any atom is -0.437 e. The van der Waals surface area contributed by atoms with E-state index in [0.717, 1.165) is 13.1 Å². The van der Waals surface area contributed by atoms with Crippen LogP contribution >= 0.6 is 0 Å². The van der Waals surface area contributed by atoms with Crippen LogP contribution in [-0.2, 0) is 0 Å². The molecule has 4 rings (SSSR count). The van der Waals surface area contributed by atoms with E-state index < -0.39 is 31.4 Å². The van der Waals surface area contributed by atoms with Crippen LogP contribution in [-0.4, -0.2) is 9.97 Å². The molecule has 0 N–H and O–H groups in total. The maximum Gasteiger partial charge on any atom is 0.227 e. The van der Waals surface area contributed by atoms with E-state index in [1.807, 2.05) is 13.0 Å². The summed E-state index contributed by atoms with van der Waals surface area (Å²) in [6.07, 6.45) is 1.15. The average Bonchev–Trinajstić information content (AvgIpc) is 3.13. The number of aryl methyl sites for hydroxylation is 2. The van der Waals surface area contributed by atoms with Crippen molar-refractivity contribution in [2.75, 3.05) is 0 Å². The zero-order chi connectivity index (χ0) is 29.5. The molecule has 0 spiro atoms. The topological polar surface area (TPSA) is 38.9 Å². The van der Waals surface area contributed by atoms with Crippen molar-refractivity contribution in [1.82, 2.24) is 9.97 Å². The second-order valence-corrected chi connectivity index (χ2v) is 8.20. The third-order valence-electron chi connectivity index (χ3n) is 5.38. The number of benzene rings is 1. The summed E-state index contributed by atoms with van der Waals surface area (Å²) < 4.78 is 80.1. The Hall–Kier alpha value is -2.68. The van der Waals surface area contributed by atoms with E-state index >= 15 is 0 Å². The van der Waals surface area contributed by atoms with Crippen LogP contribution in [0.25, 0.3) is 33.3 Å². The first-order valence-corrected chi connectivity index (χ1v) is 9.94. The van der Waals surface area contributed by atoms with Crippen molar-refractivity contribution in [1.29, 1.82) is 0 Å². The van der Waals surface area contributed by atoms with Gasteiger partial charge in [0, 0.05) is 35.2 Å². The van der Waals surface area contributed by atoms with Gasteiger partial charge in [-0.15, -0.1) is 0 Å². The monoisotopic (exact) mass is 409 g/mol. The third-order valence-corrected chi connectivity index (χ3v) is 5.38. The van der Waals surface area contributed by atoms with E-state index in [1.54, 1.807) is 39.8 Å². The Morgan fingerprint density at radius 3 is 2.37 bits per heavy atom. The molecule has 0 saturated carbocycles. The first kappa shape index (κ1) is 12.2. The first-order chi connectivity index (χ1) is 17.5. The molecule has 156 valence electrons. The predicted molar refractivity (Wildman–Crippen MR) is 126 cm³/mol. The van der Waals surface area contributed by atoms with Crippen LogP contribution in [0.3, 0.4) is 0 Å². The molecule has 0 saturated heterocycles. The van der Waals surface area contributed by atoms with Crippen molar-refractivity contribution in [2.24, 2.45) is 0 Å². The van der Waals surface area contributed by atoms with E-state index in [0.29, 0.717) is 44.5 Å². The van der Waals surface area contributed by atoms with E-state index in [1.165, 1.54) is 6.07 Å². The van der Waals surface area contributed by atoms with Gasteiger partial charge in [0.05, 0.1) is 11.1 Å². The number of furan rings is 1. The van der Waals surface area contributed by atoms with Gasteiger partial charge in [0.25, 0.3) is 0 Å². The Morgan fingerprint density at radius 1 is 0.933 bits per heavy atom. The molecule has 0 aliphatic carbocycles. The fourth-order valence-corrected chi connectivity index (χ4v) is 3.91. The molecule has 0 radical (unpaired) electrons. The maximum atomic E-state index is 8.81. The molecule has 0 amide bonds. The minimum absolute atomic E-state index is 0.202. The lowest BCUT2D eigenvalue weighted by Crippen LogP contribution is -1.97. The van der Waals surface area contributed by atoms with Crippen LogP contribution in [0.4, 0.5) is 0 Å². The van der Waals surface area contributed by atoms with E-state index in [-0.39, 0.29) is 16.8 Å². The fraction of sp³-hybridized carbons (Fsp3) is 0.407. The Morgan fingerprint density at radius 2 is 1.70 bits per heavy atom. The molecular weight excluding hydrogens is 368 g/mol. The molecule has 3 aromatic heterocycles. The van der Waals surface area contributed by atoms with Crippen molar-refractivity contribution in [3.8, 4) is 11.3 Å². The molecule has 3 nitrogen and oxygen atoms in total. The van der Waals surface area contributed by atoms with E-state index in [4.69, 9.17) is 16.8 Å². The second-order valence-electron chi connectivity index (χ2n) is 8.20. The zero-order valence-electron chi connectivity index (χ0n) is 27.2. The summed E-state index contributed by atoms with van der Waals surface area (Å²) >= 11 is 0. The van der Waals surface area contributed by atoms with Gasteiger partial charge < -0.3 is 4.42 Å². The summed E-state index contributed by atoms with van der Waals surface area (Å²) in [6, 6.07) is 6.59.